The zero-order valence-corrected chi connectivity index (χ0v) is 25.5. The molecule has 1 aliphatic heterocycles. The fourth-order valence-electron chi connectivity index (χ4n) is 5.79. The average molecular weight is 596 g/mol. The largest absolute Gasteiger partial charge is 0.497 e. The maximum atomic E-state index is 14.0. The van der Waals surface area contributed by atoms with Gasteiger partial charge in [-0.05, 0) is 70.7 Å². The summed E-state index contributed by atoms with van der Waals surface area (Å²) in [6.45, 7) is 6.41. The second-order valence-electron chi connectivity index (χ2n) is 12.0. The summed E-state index contributed by atoms with van der Waals surface area (Å²) >= 11 is 0. The van der Waals surface area contributed by atoms with E-state index in [1.54, 1.807) is 17.0 Å². The van der Waals surface area contributed by atoms with Crippen molar-refractivity contribution in [1.82, 2.24) is 14.5 Å². The highest BCUT2D eigenvalue weighted by atomic mass is 32.2. The summed E-state index contributed by atoms with van der Waals surface area (Å²) in [5.41, 5.74) is -1.65. The lowest BCUT2D eigenvalue weighted by atomic mass is 9.79. The number of carboxylic acids is 1. The van der Waals surface area contributed by atoms with Crippen molar-refractivity contribution >= 4 is 27.9 Å². The lowest BCUT2D eigenvalue weighted by molar-refractivity contribution is -0.154. The molecule has 1 heterocycles. The number of nitrogens with one attached hydrogen (secondary N) is 1. The van der Waals surface area contributed by atoms with Crippen LogP contribution < -0.4 is 10.1 Å². The third-order valence-corrected chi connectivity index (χ3v) is 9.79. The number of hydrogen-bond acceptors (Lipinski definition) is 8. The highest BCUT2D eigenvalue weighted by Crippen LogP contribution is 2.40. The fraction of sp³-hybridized carbons (Fsp3) is 0.690. The summed E-state index contributed by atoms with van der Waals surface area (Å²) in [4.78, 5) is 39.0. The van der Waals surface area contributed by atoms with Crippen LogP contribution in [0.2, 0.25) is 0 Å². The maximum Gasteiger partial charge on any atom is 0.320 e. The Morgan fingerprint density at radius 3 is 2.22 bits per heavy atom. The quantitative estimate of drug-likeness (QED) is 0.348. The third kappa shape index (κ3) is 9.14. The zero-order valence-electron chi connectivity index (χ0n) is 24.7. The van der Waals surface area contributed by atoms with Gasteiger partial charge < -0.3 is 24.8 Å². The SMILES string of the molecule is COc1ccc(S(=O)(=O)N(CCC(=O)N2CCC(NCC(=O)OC(C)(C)C)CC2)C2(CC(=O)O)CCCCC2)cc1. The predicted molar refractivity (Wildman–Crippen MR) is 153 cm³/mol. The average Bonchev–Trinajstić information content (AvgIpc) is 2.91. The molecular formula is C29H45N3O8S. The summed E-state index contributed by atoms with van der Waals surface area (Å²) in [7, 11) is -2.61. The Morgan fingerprint density at radius 1 is 1.07 bits per heavy atom. The Balaban J connectivity index is 1.69. The minimum Gasteiger partial charge on any atom is -0.497 e. The summed E-state index contributed by atoms with van der Waals surface area (Å²) < 4.78 is 39.8. The van der Waals surface area contributed by atoms with E-state index in [2.05, 4.69) is 5.32 Å². The van der Waals surface area contributed by atoms with E-state index >= 15 is 0 Å². The van der Waals surface area contributed by atoms with Gasteiger partial charge in [-0.2, -0.15) is 4.31 Å². The van der Waals surface area contributed by atoms with Crippen LogP contribution in [-0.2, 0) is 29.1 Å². The Bertz CT molecular complexity index is 1150. The van der Waals surface area contributed by atoms with Gasteiger partial charge in [-0.3, -0.25) is 14.4 Å². The molecule has 1 aliphatic carbocycles. The van der Waals surface area contributed by atoms with Crippen LogP contribution in [0.25, 0.3) is 0 Å². The first-order valence-electron chi connectivity index (χ1n) is 14.4. The van der Waals surface area contributed by atoms with Gasteiger partial charge in [0.25, 0.3) is 0 Å². The highest BCUT2D eigenvalue weighted by Gasteiger charge is 2.46. The van der Waals surface area contributed by atoms with Crippen LogP contribution in [0.4, 0.5) is 0 Å². The lowest BCUT2D eigenvalue weighted by Crippen LogP contribution is -2.55. The number of likely N-dealkylation sites (tertiary alicyclic amines) is 1. The summed E-state index contributed by atoms with van der Waals surface area (Å²) in [6, 6.07) is 6.09. The normalized spacial score (nSPS) is 18.2. The van der Waals surface area contributed by atoms with Crippen molar-refractivity contribution in [3.05, 3.63) is 24.3 Å². The highest BCUT2D eigenvalue weighted by molar-refractivity contribution is 7.89. The Hall–Kier alpha value is -2.70. The molecule has 0 bridgehead atoms. The molecule has 2 aliphatic rings. The Labute approximate surface area is 243 Å². The van der Waals surface area contributed by atoms with Crippen LogP contribution in [0.3, 0.4) is 0 Å². The molecule has 3 rings (SSSR count). The summed E-state index contributed by atoms with van der Waals surface area (Å²) in [6.07, 6.45) is 4.16. The van der Waals surface area contributed by atoms with E-state index in [0.29, 0.717) is 44.5 Å². The third-order valence-electron chi connectivity index (χ3n) is 7.77. The van der Waals surface area contributed by atoms with Crippen molar-refractivity contribution in [2.45, 2.75) is 101 Å². The number of rotatable bonds is 12. The second kappa shape index (κ2) is 14.0. The minimum absolute atomic E-state index is 0.0398. The standard InChI is InChI=1S/C29H45N3O8S/c1-28(2,3)40-27(36)21-30-22-12-17-31(18-13-22)25(33)14-19-32(29(20-26(34)35)15-6-5-7-16-29)41(37,38)24-10-8-23(39-4)9-11-24/h8-11,22,30H,5-7,12-21H2,1-4H3,(H,34,35). The second-order valence-corrected chi connectivity index (χ2v) is 13.8. The van der Waals surface area contributed by atoms with Crippen LogP contribution in [-0.4, -0.2) is 91.0 Å². The van der Waals surface area contributed by atoms with Gasteiger partial charge in [-0.1, -0.05) is 19.3 Å². The molecule has 1 amide bonds. The molecule has 1 aromatic rings. The number of amides is 1. The molecule has 1 saturated carbocycles. The number of sulfonamides is 1. The van der Waals surface area contributed by atoms with Gasteiger partial charge in [0.1, 0.15) is 11.4 Å². The van der Waals surface area contributed by atoms with Gasteiger partial charge in [0, 0.05) is 37.6 Å². The monoisotopic (exact) mass is 595 g/mol. The van der Waals surface area contributed by atoms with Gasteiger partial charge in [-0.15, -0.1) is 0 Å². The number of ether oxygens (including phenoxy) is 2. The van der Waals surface area contributed by atoms with Gasteiger partial charge in [-0.25, -0.2) is 8.42 Å². The topological polar surface area (TPSA) is 143 Å². The number of methoxy groups -OCH3 is 1. The van der Waals surface area contributed by atoms with Crippen LogP contribution in [0.5, 0.6) is 5.75 Å². The first-order valence-corrected chi connectivity index (χ1v) is 15.8. The first kappa shape index (κ1) is 32.8. The number of benzene rings is 1. The van der Waals surface area contributed by atoms with E-state index < -0.39 is 27.1 Å². The molecule has 230 valence electrons. The number of carbonyl (C=O) groups excluding carboxylic acids is 2. The number of carboxylic acid groups (broad SMARTS) is 1. The van der Waals surface area contributed by atoms with Gasteiger partial charge in [0.15, 0.2) is 0 Å². The van der Waals surface area contributed by atoms with Crippen molar-refractivity contribution < 1.29 is 37.4 Å². The summed E-state index contributed by atoms with van der Waals surface area (Å²) in [5.74, 6) is -1.05. The number of nitrogens with zero attached hydrogens (tertiary/aromatic N) is 2. The van der Waals surface area contributed by atoms with E-state index in [4.69, 9.17) is 9.47 Å². The smallest absolute Gasteiger partial charge is 0.320 e. The molecule has 0 radical (unpaired) electrons. The van der Waals surface area contributed by atoms with Crippen LogP contribution in [0.15, 0.2) is 29.2 Å². The van der Waals surface area contributed by atoms with Gasteiger partial charge in [0.05, 0.1) is 25.0 Å². The van der Waals surface area contributed by atoms with E-state index in [0.717, 1.165) is 19.3 Å². The van der Waals surface area contributed by atoms with Crippen molar-refractivity contribution in [3.63, 3.8) is 0 Å². The molecule has 2 fully saturated rings. The number of esters is 1. The molecule has 0 atom stereocenters. The molecule has 41 heavy (non-hydrogen) atoms. The first-order chi connectivity index (χ1) is 19.3. The van der Waals surface area contributed by atoms with E-state index in [1.165, 1.54) is 23.5 Å². The number of aliphatic carboxylic acids is 1. The van der Waals surface area contributed by atoms with Crippen molar-refractivity contribution in [1.29, 1.82) is 0 Å². The lowest BCUT2D eigenvalue weighted by Gasteiger charge is -2.45. The van der Waals surface area contributed by atoms with Crippen molar-refractivity contribution in [2.24, 2.45) is 0 Å². The van der Waals surface area contributed by atoms with Gasteiger partial charge in [0.2, 0.25) is 15.9 Å². The number of hydrogen-bond donors (Lipinski definition) is 2. The van der Waals surface area contributed by atoms with E-state index in [-0.39, 0.29) is 48.7 Å². The number of piperidine rings is 1. The molecule has 2 N–H and O–H groups in total. The zero-order chi connectivity index (χ0) is 30.3. The molecule has 1 aromatic carbocycles. The molecule has 11 nitrogen and oxygen atoms in total. The Kier molecular flexibility index (Phi) is 11.2. The van der Waals surface area contributed by atoms with Crippen LogP contribution in [0, 0.1) is 0 Å². The van der Waals surface area contributed by atoms with Crippen molar-refractivity contribution in [3.8, 4) is 5.75 Å². The minimum atomic E-state index is -4.10. The van der Waals surface area contributed by atoms with Gasteiger partial charge >= 0.3 is 11.9 Å². The van der Waals surface area contributed by atoms with Crippen LogP contribution in [0.1, 0.15) is 78.6 Å². The summed E-state index contributed by atoms with van der Waals surface area (Å²) in [5, 5.41) is 13.0. The van der Waals surface area contributed by atoms with E-state index in [9.17, 15) is 27.9 Å². The molecular weight excluding hydrogens is 550 g/mol. The molecule has 0 aromatic heterocycles. The molecule has 0 spiro atoms. The fourth-order valence-corrected chi connectivity index (χ4v) is 7.61. The van der Waals surface area contributed by atoms with Crippen LogP contribution >= 0.6 is 0 Å². The molecule has 12 heteroatoms. The molecule has 0 unspecified atom stereocenters. The van der Waals surface area contributed by atoms with E-state index in [1.807, 2.05) is 20.8 Å². The number of carbonyl (C=O) groups is 3. The molecule has 1 saturated heterocycles. The van der Waals surface area contributed by atoms with Crippen molar-refractivity contribution in [2.75, 3.05) is 33.3 Å². The Morgan fingerprint density at radius 2 is 1.68 bits per heavy atom. The predicted octanol–water partition coefficient (Wildman–Crippen LogP) is 3.18. The maximum absolute atomic E-state index is 14.0.